The summed E-state index contributed by atoms with van der Waals surface area (Å²) in [5, 5.41) is 2.44. The topological polar surface area (TPSA) is 76.9 Å². The van der Waals surface area contributed by atoms with Crippen LogP contribution in [0.2, 0.25) is 0 Å². The van der Waals surface area contributed by atoms with Crippen LogP contribution in [0.15, 0.2) is 41.7 Å². The number of hydrogen-bond donors (Lipinski definition) is 1. The van der Waals surface area contributed by atoms with E-state index in [2.05, 4.69) is 15.3 Å². The molecule has 18 heavy (non-hydrogen) atoms. The molecule has 0 aromatic carbocycles. The normalized spacial score (nSPS) is 10.1. The van der Waals surface area contributed by atoms with Crippen LogP contribution in [0.3, 0.4) is 0 Å². The Kier molecular flexibility index (Phi) is 3.47. The predicted molar refractivity (Wildman–Crippen MR) is 65.2 cm³/mol. The molecule has 6 heteroatoms. The van der Waals surface area contributed by atoms with Crippen LogP contribution < -0.4 is 10.9 Å². The molecule has 0 saturated heterocycles. The lowest BCUT2D eigenvalue weighted by Crippen LogP contribution is -2.31. The molecular weight excluding hydrogens is 232 g/mol. The van der Waals surface area contributed by atoms with E-state index >= 15 is 0 Å². The van der Waals surface area contributed by atoms with Crippen molar-refractivity contribution < 1.29 is 4.79 Å². The number of hydrogen-bond acceptors (Lipinski definition) is 4. The number of nitrogens with zero attached hydrogens (tertiary/aromatic N) is 3. The number of carbonyl (C=O) groups excluding carboxylic acids is 1. The van der Waals surface area contributed by atoms with E-state index in [-0.39, 0.29) is 11.1 Å². The summed E-state index contributed by atoms with van der Waals surface area (Å²) in [7, 11) is 1.49. The summed E-state index contributed by atoms with van der Waals surface area (Å²) in [6, 6.07) is 4.88. The van der Waals surface area contributed by atoms with E-state index in [1.807, 2.05) is 0 Å². The van der Waals surface area contributed by atoms with Crippen LogP contribution in [0.25, 0.3) is 0 Å². The first kappa shape index (κ1) is 12.0. The zero-order valence-electron chi connectivity index (χ0n) is 9.83. The Morgan fingerprint density at radius 3 is 2.94 bits per heavy atom. The fourth-order valence-corrected chi connectivity index (χ4v) is 1.55. The van der Waals surface area contributed by atoms with E-state index < -0.39 is 5.91 Å². The number of pyridine rings is 1. The minimum absolute atomic E-state index is 0.119. The fourth-order valence-electron chi connectivity index (χ4n) is 1.55. The maximum atomic E-state index is 12.0. The van der Waals surface area contributed by atoms with Crippen molar-refractivity contribution in [2.75, 3.05) is 7.05 Å². The third kappa shape index (κ3) is 2.42. The molecule has 2 aromatic heterocycles. The fraction of sp³-hybridized carbons (Fsp3) is 0.167. The number of rotatable bonds is 3. The zero-order chi connectivity index (χ0) is 13.0. The highest BCUT2D eigenvalue weighted by atomic mass is 16.2. The molecule has 0 aliphatic rings. The molecule has 0 unspecified atom stereocenters. The van der Waals surface area contributed by atoms with Gasteiger partial charge in [0.1, 0.15) is 11.9 Å². The summed E-state index contributed by atoms with van der Waals surface area (Å²) in [6.07, 6.45) is 4.65. The number of carbonyl (C=O) groups is 1. The van der Waals surface area contributed by atoms with Gasteiger partial charge < -0.3 is 9.88 Å². The molecule has 92 valence electrons. The van der Waals surface area contributed by atoms with E-state index in [1.165, 1.54) is 24.0 Å². The first-order chi connectivity index (χ1) is 8.72. The lowest BCUT2D eigenvalue weighted by Gasteiger charge is -2.06. The predicted octanol–water partition coefficient (Wildman–Crippen LogP) is 0.0462. The third-order valence-corrected chi connectivity index (χ3v) is 2.47. The van der Waals surface area contributed by atoms with Crippen molar-refractivity contribution in [1.82, 2.24) is 19.9 Å². The highest BCUT2D eigenvalue weighted by molar-refractivity contribution is 5.93. The van der Waals surface area contributed by atoms with Crippen LogP contribution in [0, 0.1) is 0 Å². The van der Waals surface area contributed by atoms with Gasteiger partial charge in [0, 0.05) is 19.4 Å². The molecule has 0 saturated carbocycles. The van der Waals surface area contributed by atoms with Crippen molar-refractivity contribution in [2.24, 2.45) is 0 Å². The average Bonchev–Trinajstić information content (AvgIpc) is 2.41. The van der Waals surface area contributed by atoms with Gasteiger partial charge in [-0.05, 0) is 18.2 Å². The molecule has 6 nitrogen and oxygen atoms in total. The maximum absolute atomic E-state index is 12.0. The van der Waals surface area contributed by atoms with Gasteiger partial charge in [-0.1, -0.05) is 0 Å². The van der Waals surface area contributed by atoms with Gasteiger partial charge in [-0.25, -0.2) is 9.97 Å². The summed E-state index contributed by atoms with van der Waals surface area (Å²) in [5.41, 5.74) is 0.491. The second kappa shape index (κ2) is 5.22. The summed E-state index contributed by atoms with van der Waals surface area (Å²) in [6.45, 7) is 0.312. The SMILES string of the molecule is CNC(=O)c1cccn(Cc2ccncn2)c1=O. The third-order valence-electron chi connectivity index (χ3n) is 2.47. The molecule has 0 bridgehead atoms. The minimum atomic E-state index is -0.392. The Morgan fingerprint density at radius 2 is 2.28 bits per heavy atom. The van der Waals surface area contributed by atoms with E-state index in [1.54, 1.807) is 24.5 Å². The highest BCUT2D eigenvalue weighted by Crippen LogP contribution is 1.97. The number of aromatic nitrogens is 3. The average molecular weight is 244 g/mol. The second-order valence-electron chi connectivity index (χ2n) is 3.63. The lowest BCUT2D eigenvalue weighted by molar-refractivity contribution is 0.0961. The molecule has 2 aromatic rings. The van der Waals surface area contributed by atoms with Crippen molar-refractivity contribution in [2.45, 2.75) is 6.54 Å². The zero-order valence-corrected chi connectivity index (χ0v) is 9.83. The Morgan fingerprint density at radius 1 is 1.44 bits per heavy atom. The van der Waals surface area contributed by atoms with Gasteiger partial charge in [-0.15, -0.1) is 0 Å². The van der Waals surface area contributed by atoms with Gasteiger partial charge >= 0.3 is 0 Å². The van der Waals surface area contributed by atoms with Crippen molar-refractivity contribution in [1.29, 1.82) is 0 Å². The Labute approximate surface area is 103 Å². The van der Waals surface area contributed by atoms with Crippen molar-refractivity contribution >= 4 is 5.91 Å². The highest BCUT2D eigenvalue weighted by Gasteiger charge is 2.10. The Hall–Kier alpha value is -2.50. The summed E-state index contributed by atoms with van der Waals surface area (Å²) in [5.74, 6) is -0.392. The van der Waals surface area contributed by atoms with Crippen LogP contribution in [-0.2, 0) is 6.54 Å². The molecule has 0 atom stereocenters. The van der Waals surface area contributed by atoms with Gasteiger partial charge in [0.05, 0.1) is 12.2 Å². The van der Waals surface area contributed by atoms with E-state index in [4.69, 9.17) is 0 Å². The Balaban J connectivity index is 2.35. The van der Waals surface area contributed by atoms with Crippen LogP contribution in [0.4, 0.5) is 0 Å². The molecule has 0 fully saturated rings. The number of amides is 1. The standard InChI is InChI=1S/C12H12N4O2/c1-13-11(17)10-3-2-6-16(12(10)18)7-9-4-5-14-8-15-9/h2-6,8H,7H2,1H3,(H,13,17). The summed E-state index contributed by atoms with van der Waals surface area (Å²) in [4.78, 5) is 31.4. The van der Waals surface area contributed by atoms with E-state index in [0.717, 1.165) is 0 Å². The quantitative estimate of drug-likeness (QED) is 0.827. The summed E-state index contributed by atoms with van der Waals surface area (Å²) < 4.78 is 1.44. The first-order valence-corrected chi connectivity index (χ1v) is 5.39. The van der Waals surface area contributed by atoms with Crippen LogP contribution in [0.1, 0.15) is 16.1 Å². The molecule has 0 aliphatic heterocycles. The van der Waals surface area contributed by atoms with E-state index in [0.29, 0.717) is 12.2 Å². The minimum Gasteiger partial charge on any atom is -0.355 e. The van der Waals surface area contributed by atoms with Crippen LogP contribution >= 0.6 is 0 Å². The molecule has 2 heterocycles. The molecule has 0 spiro atoms. The molecule has 0 radical (unpaired) electrons. The van der Waals surface area contributed by atoms with Gasteiger partial charge in [-0.3, -0.25) is 9.59 Å². The number of nitrogens with one attached hydrogen (secondary N) is 1. The van der Waals surface area contributed by atoms with Gasteiger partial charge in [0.2, 0.25) is 0 Å². The lowest BCUT2D eigenvalue weighted by atomic mass is 10.2. The monoisotopic (exact) mass is 244 g/mol. The Bertz CT molecular complexity index is 607. The van der Waals surface area contributed by atoms with Gasteiger partial charge in [0.15, 0.2) is 0 Å². The van der Waals surface area contributed by atoms with E-state index in [9.17, 15) is 9.59 Å². The second-order valence-corrected chi connectivity index (χ2v) is 3.63. The molecule has 0 aliphatic carbocycles. The first-order valence-electron chi connectivity index (χ1n) is 5.39. The van der Waals surface area contributed by atoms with Crippen molar-refractivity contribution in [3.05, 3.63) is 58.5 Å². The molecule has 1 N–H and O–H groups in total. The van der Waals surface area contributed by atoms with Crippen molar-refractivity contribution in [3.63, 3.8) is 0 Å². The van der Waals surface area contributed by atoms with Crippen LogP contribution in [0.5, 0.6) is 0 Å². The molecule has 2 rings (SSSR count). The van der Waals surface area contributed by atoms with Gasteiger partial charge in [0.25, 0.3) is 11.5 Å². The smallest absolute Gasteiger partial charge is 0.263 e. The maximum Gasteiger partial charge on any atom is 0.263 e. The van der Waals surface area contributed by atoms with Gasteiger partial charge in [-0.2, -0.15) is 0 Å². The largest absolute Gasteiger partial charge is 0.355 e. The van der Waals surface area contributed by atoms with Crippen LogP contribution in [-0.4, -0.2) is 27.5 Å². The summed E-state index contributed by atoms with van der Waals surface area (Å²) >= 11 is 0. The van der Waals surface area contributed by atoms with Crippen molar-refractivity contribution in [3.8, 4) is 0 Å². The molecular formula is C12H12N4O2. The molecule has 1 amide bonds.